The highest BCUT2D eigenvalue weighted by Crippen LogP contribution is 2.24. The number of halogens is 2. The average Bonchev–Trinajstić information content (AvgIpc) is 2.44. The summed E-state index contributed by atoms with van der Waals surface area (Å²) in [5.74, 6) is 0.276. The fourth-order valence-electron chi connectivity index (χ4n) is 2.25. The predicted octanol–water partition coefficient (Wildman–Crippen LogP) is 3.85. The van der Waals surface area contributed by atoms with Gasteiger partial charge in [-0.05, 0) is 54.8 Å². The van der Waals surface area contributed by atoms with Crippen molar-refractivity contribution in [3.05, 3.63) is 57.9 Å². The van der Waals surface area contributed by atoms with Crippen LogP contribution >= 0.6 is 15.9 Å². The number of aromatic nitrogens is 1. The summed E-state index contributed by atoms with van der Waals surface area (Å²) in [6.45, 7) is 2.96. The lowest BCUT2D eigenvalue weighted by molar-refractivity contribution is 0.524. The molecule has 5 heteroatoms. The molecule has 0 spiro atoms. The quantitative estimate of drug-likeness (QED) is 0.830. The number of pyridine rings is 1. The van der Waals surface area contributed by atoms with Gasteiger partial charge in [-0.1, -0.05) is 28.9 Å². The lowest BCUT2D eigenvalue weighted by Crippen LogP contribution is -2.24. The van der Waals surface area contributed by atoms with E-state index in [0.29, 0.717) is 12.2 Å². The Balaban J connectivity index is 2.27. The number of hydrogen-bond donors (Lipinski definition) is 2. The fraction of sp³-hybridized carbons (Fsp3) is 0.312. The van der Waals surface area contributed by atoms with Gasteiger partial charge in [-0.2, -0.15) is 0 Å². The molecule has 0 bridgehead atoms. The molecule has 1 heterocycles. The molecule has 1 aromatic heterocycles. The Bertz CT molecular complexity index is 584. The first-order chi connectivity index (χ1) is 10.1. The van der Waals surface area contributed by atoms with E-state index in [4.69, 9.17) is 5.73 Å². The summed E-state index contributed by atoms with van der Waals surface area (Å²) >= 11 is 3.34. The normalized spacial score (nSPS) is 12.3. The van der Waals surface area contributed by atoms with Crippen LogP contribution in [0.3, 0.4) is 0 Å². The van der Waals surface area contributed by atoms with Crippen LogP contribution in [0, 0.1) is 5.82 Å². The Labute approximate surface area is 132 Å². The molecule has 112 valence electrons. The second kappa shape index (κ2) is 7.52. The van der Waals surface area contributed by atoms with Gasteiger partial charge in [0.05, 0.1) is 0 Å². The first kappa shape index (κ1) is 15.9. The number of rotatable bonds is 6. The van der Waals surface area contributed by atoms with Crippen molar-refractivity contribution >= 4 is 21.7 Å². The molecule has 1 atom stereocenters. The Morgan fingerprint density at radius 3 is 2.86 bits per heavy atom. The smallest absolute Gasteiger partial charge is 0.126 e. The highest BCUT2D eigenvalue weighted by Gasteiger charge is 2.15. The van der Waals surface area contributed by atoms with Gasteiger partial charge in [0.2, 0.25) is 0 Å². The van der Waals surface area contributed by atoms with Crippen LogP contribution in [0.4, 0.5) is 10.2 Å². The molecule has 0 aliphatic rings. The van der Waals surface area contributed by atoms with Gasteiger partial charge in [-0.25, -0.2) is 9.37 Å². The summed E-state index contributed by atoms with van der Waals surface area (Å²) in [4.78, 5) is 4.11. The molecule has 0 saturated heterocycles. The monoisotopic (exact) mass is 351 g/mol. The largest absolute Gasteiger partial charge is 0.383 e. The minimum Gasteiger partial charge on any atom is -0.383 e. The molecule has 3 nitrogen and oxygen atoms in total. The van der Waals surface area contributed by atoms with Crippen LogP contribution in [0.2, 0.25) is 0 Å². The molecule has 0 saturated carbocycles. The van der Waals surface area contributed by atoms with Crippen LogP contribution in [0.1, 0.15) is 30.5 Å². The van der Waals surface area contributed by atoms with Gasteiger partial charge in [0.1, 0.15) is 11.6 Å². The van der Waals surface area contributed by atoms with Crippen molar-refractivity contribution in [3.8, 4) is 0 Å². The minimum absolute atomic E-state index is 0.00319. The van der Waals surface area contributed by atoms with Crippen molar-refractivity contribution < 1.29 is 4.39 Å². The number of nitrogens with two attached hydrogens (primary N) is 1. The van der Waals surface area contributed by atoms with Crippen LogP contribution < -0.4 is 11.1 Å². The van der Waals surface area contributed by atoms with Gasteiger partial charge < -0.3 is 11.1 Å². The van der Waals surface area contributed by atoms with E-state index in [2.05, 4.69) is 33.2 Å². The summed E-state index contributed by atoms with van der Waals surface area (Å²) in [5, 5.41) is 3.45. The third-order valence-electron chi connectivity index (χ3n) is 3.28. The Hall–Kier alpha value is -1.46. The lowest BCUT2D eigenvalue weighted by atomic mass is 9.99. The van der Waals surface area contributed by atoms with E-state index >= 15 is 0 Å². The molecule has 1 unspecified atom stereocenters. The maximum absolute atomic E-state index is 13.6. The predicted molar refractivity (Wildman–Crippen MR) is 87.5 cm³/mol. The lowest BCUT2D eigenvalue weighted by Gasteiger charge is -2.20. The van der Waals surface area contributed by atoms with Crippen LogP contribution in [-0.4, -0.2) is 11.5 Å². The number of nitrogens with one attached hydrogen (secondary N) is 1. The highest BCUT2D eigenvalue weighted by molar-refractivity contribution is 9.10. The number of nitrogens with zero attached hydrogens (tertiary/aromatic N) is 1. The molecule has 0 aliphatic carbocycles. The molecular formula is C16H19BrFN3. The first-order valence-electron chi connectivity index (χ1n) is 6.99. The zero-order valence-electron chi connectivity index (χ0n) is 11.9. The zero-order valence-corrected chi connectivity index (χ0v) is 13.5. The van der Waals surface area contributed by atoms with Gasteiger partial charge in [0.15, 0.2) is 0 Å². The summed E-state index contributed by atoms with van der Waals surface area (Å²) in [5.41, 5.74) is 7.78. The molecule has 1 aromatic carbocycles. The SMILES string of the molecule is CCCNC(Cc1cccnc1N)c1cc(F)cc(Br)c1. The zero-order chi connectivity index (χ0) is 15.2. The number of nitrogen functional groups attached to an aromatic ring is 1. The summed E-state index contributed by atoms with van der Waals surface area (Å²) in [6, 6.07) is 8.77. The van der Waals surface area contributed by atoms with Gasteiger partial charge in [-0.3, -0.25) is 0 Å². The van der Waals surface area contributed by atoms with E-state index in [-0.39, 0.29) is 11.9 Å². The van der Waals surface area contributed by atoms with E-state index in [1.807, 2.05) is 18.2 Å². The highest BCUT2D eigenvalue weighted by atomic mass is 79.9. The summed E-state index contributed by atoms with van der Waals surface area (Å²) in [7, 11) is 0. The molecule has 2 rings (SSSR count). The summed E-state index contributed by atoms with van der Waals surface area (Å²) in [6.07, 6.45) is 3.36. The van der Waals surface area contributed by atoms with Crippen LogP contribution in [0.25, 0.3) is 0 Å². The molecule has 0 radical (unpaired) electrons. The molecule has 21 heavy (non-hydrogen) atoms. The van der Waals surface area contributed by atoms with Crippen molar-refractivity contribution in [2.45, 2.75) is 25.8 Å². The molecule has 0 fully saturated rings. The topological polar surface area (TPSA) is 50.9 Å². The standard InChI is InChI=1S/C16H19BrFN3/c1-2-5-20-15(9-11-4-3-6-21-16(11)19)12-7-13(17)10-14(18)8-12/h3-4,6-8,10,15,20H,2,5,9H2,1H3,(H2,19,21). The van der Waals surface area contributed by atoms with E-state index in [1.165, 1.54) is 6.07 Å². The summed E-state index contributed by atoms with van der Waals surface area (Å²) < 4.78 is 14.4. The van der Waals surface area contributed by atoms with Crippen molar-refractivity contribution in [1.82, 2.24) is 10.3 Å². The van der Waals surface area contributed by atoms with E-state index in [9.17, 15) is 4.39 Å². The Kier molecular flexibility index (Phi) is 5.70. The molecular weight excluding hydrogens is 333 g/mol. The molecule has 0 aliphatic heterocycles. The van der Waals surface area contributed by atoms with Gasteiger partial charge in [-0.15, -0.1) is 0 Å². The first-order valence-corrected chi connectivity index (χ1v) is 7.78. The van der Waals surface area contributed by atoms with Crippen molar-refractivity contribution in [2.24, 2.45) is 0 Å². The molecule has 3 N–H and O–H groups in total. The Morgan fingerprint density at radius 1 is 1.38 bits per heavy atom. The van der Waals surface area contributed by atoms with Crippen molar-refractivity contribution in [2.75, 3.05) is 12.3 Å². The maximum atomic E-state index is 13.6. The third kappa shape index (κ3) is 4.51. The van der Waals surface area contributed by atoms with Crippen molar-refractivity contribution in [3.63, 3.8) is 0 Å². The van der Waals surface area contributed by atoms with Crippen LogP contribution in [-0.2, 0) is 6.42 Å². The van der Waals surface area contributed by atoms with Crippen molar-refractivity contribution in [1.29, 1.82) is 0 Å². The van der Waals surface area contributed by atoms with E-state index < -0.39 is 0 Å². The number of benzene rings is 1. The van der Waals surface area contributed by atoms with E-state index in [0.717, 1.165) is 28.6 Å². The van der Waals surface area contributed by atoms with Crippen LogP contribution in [0.15, 0.2) is 41.0 Å². The van der Waals surface area contributed by atoms with E-state index in [1.54, 1.807) is 12.3 Å². The Morgan fingerprint density at radius 2 is 2.19 bits per heavy atom. The average molecular weight is 352 g/mol. The second-order valence-corrected chi connectivity index (χ2v) is 5.88. The van der Waals surface area contributed by atoms with Gasteiger partial charge in [0.25, 0.3) is 0 Å². The number of anilines is 1. The fourth-order valence-corrected chi connectivity index (χ4v) is 2.73. The number of hydrogen-bond acceptors (Lipinski definition) is 3. The minimum atomic E-state index is -0.248. The molecule has 0 amide bonds. The molecule has 2 aromatic rings. The van der Waals surface area contributed by atoms with Gasteiger partial charge >= 0.3 is 0 Å². The van der Waals surface area contributed by atoms with Crippen LogP contribution in [0.5, 0.6) is 0 Å². The maximum Gasteiger partial charge on any atom is 0.126 e. The van der Waals surface area contributed by atoms with Gasteiger partial charge in [0, 0.05) is 16.7 Å². The second-order valence-electron chi connectivity index (χ2n) is 4.96. The third-order valence-corrected chi connectivity index (χ3v) is 3.74.